The molecule has 3 rings (SSSR count). The number of thiazole rings is 1. The Kier molecular flexibility index (Phi) is 5.37. The first-order valence-electron chi connectivity index (χ1n) is 7.67. The molecule has 0 aliphatic heterocycles. The summed E-state index contributed by atoms with van der Waals surface area (Å²) < 4.78 is 7.34. The van der Waals surface area contributed by atoms with E-state index in [4.69, 9.17) is 4.74 Å². The van der Waals surface area contributed by atoms with Crippen LogP contribution < -0.4 is 10.1 Å². The normalized spacial score (nSPS) is 12.1. The van der Waals surface area contributed by atoms with Gasteiger partial charge >= 0.3 is 0 Å². The minimum absolute atomic E-state index is 0.0359. The second-order valence-corrected chi connectivity index (χ2v) is 7.63. The molecule has 124 valence electrons. The molecule has 2 aromatic carbocycles. The highest BCUT2D eigenvalue weighted by Crippen LogP contribution is 2.34. The fourth-order valence-corrected chi connectivity index (χ4v) is 4.54. The molecule has 0 saturated heterocycles. The monoisotopic (exact) mass is 358 g/mol. The number of thioether (sulfide) groups is 1. The number of para-hydroxylation sites is 3. The maximum absolute atomic E-state index is 12.6. The summed E-state index contributed by atoms with van der Waals surface area (Å²) in [6.45, 7) is 2.01. The van der Waals surface area contributed by atoms with Crippen LogP contribution in [-0.2, 0) is 4.79 Å². The second kappa shape index (κ2) is 7.68. The van der Waals surface area contributed by atoms with Gasteiger partial charge in [0.1, 0.15) is 5.75 Å². The standard InChI is InChI=1S/C18H18N2O2S2/c1-3-15(17(21)19-12-8-4-6-10-14(12)22-2)23-18-20-13-9-5-7-11-16(13)24-18/h4-11,15H,3H2,1-2H3,(H,19,21). The van der Waals surface area contributed by atoms with Crippen molar-refractivity contribution in [3.05, 3.63) is 48.5 Å². The van der Waals surface area contributed by atoms with E-state index in [0.29, 0.717) is 11.4 Å². The molecular formula is C18H18N2O2S2. The van der Waals surface area contributed by atoms with Gasteiger partial charge in [-0.1, -0.05) is 43.0 Å². The van der Waals surface area contributed by atoms with Gasteiger partial charge in [0.25, 0.3) is 0 Å². The smallest absolute Gasteiger partial charge is 0.238 e. The first-order valence-corrected chi connectivity index (χ1v) is 9.37. The number of nitrogens with one attached hydrogen (secondary N) is 1. The molecule has 0 fully saturated rings. The Hall–Kier alpha value is -2.05. The zero-order valence-electron chi connectivity index (χ0n) is 13.5. The number of anilines is 1. The van der Waals surface area contributed by atoms with Crippen LogP contribution in [0.4, 0.5) is 5.69 Å². The van der Waals surface area contributed by atoms with Gasteiger partial charge in [-0.25, -0.2) is 4.98 Å². The molecule has 0 saturated carbocycles. The Morgan fingerprint density at radius 3 is 2.75 bits per heavy atom. The van der Waals surface area contributed by atoms with E-state index in [-0.39, 0.29) is 11.2 Å². The lowest BCUT2D eigenvalue weighted by Gasteiger charge is -2.15. The van der Waals surface area contributed by atoms with Crippen LogP contribution in [0.2, 0.25) is 0 Å². The van der Waals surface area contributed by atoms with Crippen LogP contribution in [0.3, 0.4) is 0 Å². The maximum Gasteiger partial charge on any atom is 0.238 e. The number of aromatic nitrogens is 1. The quantitative estimate of drug-likeness (QED) is 0.642. The van der Waals surface area contributed by atoms with Gasteiger partial charge in [-0.15, -0.1) is 11.3 Å². The third kappa shape index (κ3) is 3.71. The van der Waals surface area contributed by atoms with Crippen LogP contribution in [0.1, 0.15) is 13.3 Å². The molecule has 1 unspecified atom stereocenters. The Morgan fingerprint density at radius 2 is 2.00 bits per heavy atom. The summed E-state index contributed by atoms with van der Waals surface area (Å²) in [5.74, 6) is 0.622. The molecule has 1 heterocycles. The van der Waals surface area contributed by atoms with Gasteiger partial charge < -0.3 is 10.1 Å². The minimum Gasteiger partial charge on any atom is -0.495 e. The molecular weight excluding hydrogens is 340 g/mol. The molecule has 1 atom stereocenters. The number of ether oxygens (including phenoxy) is 1. The SMILES string of the molecule is CCC(Sc1nc2ccccc2s1)C(=O)Nc1ccccc1OC. The van der Waals surface area contributed by atoms with Gasteiger partial charge in [-0.3, -0.25) is 4.79 Å². The fraction of sp³-hybridized carbons (Fsp3) is 0.222. The number of carbonyl (C=O) groups excluding carboxylic acids is 1. The first kappa shape index (κ1) is 16.8. The first-order chi connectivity index (χ1) is 11.7. The highest BCUT2D eigenvalue weighted by Gasteiger charge is 2.21. The molecule has 4 nitrogen and oxygen atoms in total. The number of benzene rings is 2. The number of hydrogen-bond acceptors (Lipinski definition) is 5. The molecule has 3 aromatic rings. The zero-order valence-corrected chi connectivity index (χ0v) is 15.1. The molecule has 0 aliphatic rings. The van der Waals surface area contributed by atoms with Crippen LogP contribution in [0.15, 0.2) is 52.9 Å². The Labute approximate surface area is 149 Å². The highest BCUT2D eigenvalue weighted by atomic mass is 32.2. The number of carbonyl (C=O) groups is 1. The lowest BCUT2D eigenvalue weighted by atomic mass is 10.2. The number of amides is 1. The topological polar surface area (TPSA) is 51.2 Å². The Bertz CT molecular complexity index is 815. The number of fused-ring (bicyclic) bond motifs is 1. The largest absolute Gasteiger partial charge is 0.495 e. The van der Waals surface area contributed by atoms with E-state index in [0.717, 1.165) is 21.0 Å². The minimum atomic E-state index is -0.199. The molecule has 0 spiro atoms. The maximum atomic E-state index is 12.6. The molecule has 1 amide bonds. The third-order valence-corrected chi connectivity index (χ3v) is 6.04. The van der Waals surface area contributed by atoms with Crippen LogP contribution >= 0.6 is 23.1 Å². The molecule has 6 heteroatoms. The van der Waals surface area contributed by atoms with Gasteiger partial charge in [-0.2, -0.15) is 0 Å². The number of nitrogens with zero attached hydrogens (tertiary/aromatic N) is 1. The van der Waals surface area contributed by atoms with Crippen molar-refractivity contribution in [3.63, 3.8) is 0 Å². The van der Waals surface area contributed by atoms with Crippen molar-refractivity contribution in [2.24, 2.45) is 0 Å². The van der Waals surface area contributed by atoms with Gasteiger partial charge in [0.05, 0.1) is 28.3 Å². The average molecular weight is 358 g/mol. The van der Waals surface area contributed by atoms with E-state index in [1.54, 1.807) is 18.4 Å². The van der Waals surface area contributed by atoms with Gasteiger partial charge in [0.2, 0.25) is 5.91 Å². The van der Waals surface area contributed by atoms with E-state index in [1.165, 1.54) is 11.8 Å². The fourth-order valence-electron chi connectivity index (χ4n) is 2.31. The van der Waals surface area contributed by atoms with Crippen molar-refractivity contribution in [2.45, 2.75) is 22.9 Å². The predicted molar refractivity (Wildman–Crippen MR) is 101 cm³/mol. The molecule has 0 bridgehead atoms. The summed E-state index contributed by atoms with van der Waals surface area (Å²) >= 11 is 3.13. The second-order valence-electron chi connectivity index (χ2n) is 5.15. The number of rotatable bonds is 6. The van der Waals surface area contributed by atoms with Crippen molar-refractivity contribution >= 4 is 44.9 Å². The molecule has 0 aliphatic carbocycles. The van der Waals surface area contributed by atoms with E-state index in [2.05, 4.69) is 10.3 Å². The van der Waals surface area contributed by atoms with E-state index >= 15 is 0 Å². The molecule has 0 radical (unpaired) electrons. The van der Waals surface area contributed by atoms with Crippen molar-refractivity contribution in [3.8, 4) is 5.75 Å². The summed E-state index contributed by atoms with van der Waals surface area (Å²) in [5, 5.41) is 2.76. The van der Waals surface area contributed by atoms with Crippen molar-refractivity contribution in [1.82, 2.24) is 4.98 Å². The lowest BCUT2D eigenvalue weighted by Crippen LogP contribution is -2.24. The van der Waals surface area contributed by atoms with Gasteiger partial charge in [0, 0.05) is 0 Å². The number of methoxy groups -OCH3 is 1. The lowest BCUT2D eigenvalue weighted by molar-refractivity contribution is -0.115. The summed E-state index contributed by atoms with van der Waals surface area (Å²) in [7, 11) is 1.60. The molecule has 1 N–H and O–H groups in total. The number of hydrogen-bond donors (Lipinski definition) is 1. The van der Waals surface area contributed by atoms with Crippen molar-refractivity contribution < 1.29 is 9.53 Å². The summed E-state index contributed by atoms with van der Waals surface area (Å²) in [6.07, 6.45) is 0.724. The third-order valence-electron chi connectivity index (χ3n) is 3.55. The summed E-state index contributed by atoms with van der Waals surface area (Å²) in [6, 6.07) is 15.4. The highest BCUT2D eigenvalue weighted by molar-refractivity contribution is 8.02. The van der Waals surface area contributed by atoms with Gasteiger partial charge in [0.15, 0.2) is 4.34 Å². The van der Waals surface area contributed by atoms with Crippen molar-refractivity contribution in [2.75, 3.05) is 12.4 Å². The molecule has 1 aromatic heterocycles. The van der Waals surface area contributed by atoms with E-state index < -0.39 is 0 Å². The van der Waals surface area contributed by atoms with Gasteiger partial charge in [-0.05, 0) is 30.7 Å². The van der Waals surface area contributed by atoms with Crippen LogP contribution in [0, 0.1) is 0 Å². The zero-order chi connectivity index (χ0) is 16.9. The molecule has 24 heavy (non-hydrogen) atoms. The summed E-state index contributed by atoms with van der Waals surface area (Å²) in [5.41, 5.74) is 1.67. The average Bonchev–Trinajstić information content (AvgIpc) is 3.02. The van der Waals surface area contributed by atoms with Crippen LogP contribution in [0.5, 0.6) is 5.75 Å². The summed E-state index contributed by atoms with van der Waals surface area (Å²) in [4.78, 5) is 17.2. The van der Waals surface area contributed by atoms with E-state index in [9.17, 15) is 4.79 Å². The Balaban J connectivity index is 1.74. The van der Waals surface area contributed by atoms with Crippen LogP contribution in [-0.4, -0.2) is 23.3 Å². The Morgan fingerprint density at radius 1 is 1.25 bits per heavy atom. The predicted octanol–water partition coefficient (Wildman–Crippen LogP) is 4.81. The van der Waals surface area contributed by atoms with Crippen molar-refractivity contribution in [1.29, 1.82) is 0 Å². The van der Waals surface area contributed by atoms with Crippen LogP contribution in [0.25, 0.3) is 10.2 Å². The van der Waals surface area contributed by atoms with E-state index in [1.807, 2.05) is 55.5 Å².